The SMILES string of the molecule is CC(=O)N[C@]12C(O[C@@](O[C@H](CO)[C@@]3(O)C4O[C@@](OC(C(O)[C@@H](O)O[C@H](C(C)CO)C(O)[C@H](O)[C@@H](O)OC(C)C)[C@@H](O)C(C)CO)(C(=O)O)C[C@@H](O)[C@]43NC(C)=O)(C(=O)O)C[C@H]1O)[C@]2(O)[C@H](O)CO. The van der Waals surface area contributed by atoms with E-state index < -0.39 is 201 Å². The van der Waals surface area contributed by atoms with Crippen molar-refractivity contribution in [3.05, 3.63) is 0 Å². The number of rotatable bonds is 26. The number of hydrogen-bond acceptors (Lipinski definition) is 25. The topological polar surface area (TPSA) is 492 Å². The van der Waals surface area contributed by atoms with Gasteiger partial charge in [0.25, 0.3) is 11.6 Å². The molecule has 0 aromatic carbocycles. The van der Waals surface area contributed by atoms with E-state index in [1.165, 1.54) is 20.8 Å². The van der Waals surface area contributed by atoms with E-state index in [0.29, 0.717) is 0 Å². The summed E-state index contributed by atoms with van der Waals surface area (Å²) in [5.41, 5.74) is -11.0. The van der Waals surface area contributed by atoms with E-state index in [-0.39, 0.29) is 0 Å². The Hall–Kier alpha value is -2.96. The van der Waals surface area contributed by atoms with Gasteiger partial charge in [-0.05, 0) is 13.8 Å². The fourth-order valence-electron chi connectivity index (χ4n) is 9.40. The maximum Gasteiger partial charge on any atom is 0.364 e. The largest absolute Gasteiger partial charge is 0.477 e. The van der Waals surface area contributed by atoms with Crippen LogP contribution in [0.4, 0.5) is 0 Å². The van der Waals surface area contributed by atoms with Crippen molar-refractivity contribution < 1.29 is 134 Å². The molecule has 394 valence electrons. The fraction of sp³-hybridized carbons (Fsp3) is 0.897. The molecule has 4 aliphatic rings. The maximum absolute atomic E-state index is 13.3. The summed E-state index contributed by atoms with van der Waals surface area (Å²) in [4.78, 5) is 51.2. The van der Waals surface area contributed by atoms with E-state index in [2.05, 4.69) is 10.6 Å². The Morgan fingerprint density at radius 1 is 0.588 bits per heavy atom. The first-order chi connectivity index (χ1) is 31.4. The molecule has 2 heterocycles. The summed E-state index contributed by atoms with van der Waals surface area (Å²) in [7, 11) is 0. The Labute approximate surface area is 387 Å². The Balaban J connectivity index is 1.75. The summed E-state index contributed by atoms with van der Waals surface area (Å²) in [6, 6.07) is 0. The van der Waals surface area contributed by atoms with E-state index >= 15 is 0 Å². The molecule has 19 N–H and O–H groups in total. The van der Waals surface area contributed by atoms with Gasteiger partial charge in [-0.25, -0.2) is 9.59 Å². The van der Waals surface area contributed by atoms with Crippen LogP contribution in [-0.2, 0) is 47.6 Å². The lowest BCUT2D eigenvalue weighted by molar-refractivity contribution is -0.332. The van der Waals surface area contributed by atoms with Crippen LogP contribution < -0.4 is 10.6 Å². The van der Waals surface area contributed by atoms with Gasteiger partial charge in [-0.1, -0.05) is 13.8 Å². The van der Waals surface area contributed by atoms with E-state index in [1.54, 1.807) is 0 Å². The number of aliphatic hydroxyl groups is 15. The zero-order valence-electron chi connectivity index (χ0n) is 37.7. The minimum absolute atomic E-state index is 0.686. The second kappa shape index (κ2) is 21.0. The molecule has 2 saturated carbocycles. The molecule has 7 unspecified atom stereocenters. The molecule has 0 aromatic heterocycles. The van der Waals surface area contributed by atoms with E-state index in [1.807, 2.05) is 0 Å². The highest BCUT2D eigenvalue weighted by Gasteiger charge is 2.91. The van der Waals surface area contributed by atoms with Crippen LogP contribution in [0.25, 0.3) is 0 Å². The molecule has 0 radical (unpaired) electrons. The molecule has 0 bridgehead atoms. The van der Waals surface area contributed by atoms with Crippen LogP contribution in [0.15, 0.2) is 0 Å². The van der Waals surface area contributed by atoms with Gasteiger partial charge in [0.05, 0.1) is 43.7 Å². The van der Waals surface area contributed by atoms with Gasteiger partial charge in [0.15, 0.2) is 12.6 Å². The van der Waals surface area contributed by atoms with Crippen molar-refractivity contribution in [3.63, 3.8) is 0 Å². The summed E-state index contributed by atoms with van der Waals surface area (Å²) >= 11 is 0. The van der Waals surface area contributed by atoms with Crippen LogP contribution in [0.2, 0.25) is 0 Å². The summed E-state index contributed by atoms with van der Waals surface area (Å²) in [5, 5.41) is 189. The Morgan fingerprint density at radius 2 is 1.03 bits per heavy atom. The number of fused-ring (bicyclic) bond motifs is 2. The molecule has 68 heavy (non-hydrogen) atoms. The molecule has 2 aliphatic heterocycles. The lowest BCUT2D eigenvalue weighted by Crippen LogP contribution is -2.65. The number of nitrogens with one attached hydrogen (secondary N) is 2. The second-order valence-corrected chi connectivity index (χ2v) is 18.2. The summed E-state index contributed by atoms with van der Waals surface area (Å²) < 4.78 is 33.2. The van der Waals surface area contributed by atoms with Crippen molar-refractivity contribution in [2.75, 3.05) is 26.4 Å². The average Bonchev–Trinajstić information content (AvgIpc) is 4.02. The quantitative estimate of drug-likeness (QED) is 0.0358. The fourth-order valence-corrected chi connectivity index (χ4v) is 9.40. The van der Waals surface area contributed by atoms with Crippen molar-refractivity contribution in [2.45, 2.75) is 180 Å². The Morgan fingerprint density at radius 3 is 1.44 bits per heavy atom. The van der Waals surface area contributed by atoms with E-state index in [0.717, 1.165) is 20.8 Å². The monoisotopic (exact) mass is 994 g/mol. The van der Waals surface area contributed by atoms with Crippen molar-refractivity contribution in [3.8, 4) is 0 Å². The number of hydrogen-bond donors (Lipinski definition) is 19. The number of amides is 2. The highest BCUT2D eigenvalue weighted by Crippen LogP contribution is 2.64. The molecular formula is C39H66N2O27. The second-order valence-electron chi connectivity index (χ2n) is 18.2. The van der Waals surface area contributed by atoms with E-state index in [4.69, 9.17) is 28.4 Å². The number of carboxylic acid groups (broad SMARTS) is 2. The zero-order chi connectivity index (χ0) is 52.0. The van der Waals surface area contributed by atoms with Crippen LogP contribution in [0.1, 0.15) is 54.4 Å². The van der Waals surface area contributed by atoms with E-state index in [9.17, 15) is 106 Å². The van der Waals surface area contributed by atoms with Crippen molar-refractivity contribution >= 4 is 23.8 Å². The first kappa shape index (κ1) is 57.6. The minimum Gasteiger partial charge on any atom is -0.477 e. The predicted molar refractivity (Wildman–Crippen MR) is 214 cm³/mol. The first-order valence-electron chi connectivity index (χ1n) is 21.4. The zero-order valence-corrected chi connectivity index (χ0v) is 37.7. The van der Waals surface area contributed by atoms with Gasteiger partial charge in [0.1, 0.15) is 71.1 Å². The molecule has 29 nitrogen and oxygen atoms in total. The third-order valence-electron chi connectivity index (χ3n) is 13.2. The van der Waals surface area contributed by atoms with Gasteiger partial charge in [0, 0.05) is 51.7 Å². The summed E-state index contributed by atoms with van der Waals surface area (Å²) in [6.07, 6.45) is -35.7. The standard InChI is InChI=1S/C39H66N2O27/c1-13(2)63-28(55)24(53)23(52)26(15(4)10-43)64-29(56)25(54)27(22(51)14(3)9-42)66-35(33(59)60)8-19(49)37(41-17(6)47)31(68-35)39(37,62)21(12-45)65-34(32(57)58)7-18(48)36(40-16(5)46)30(67-34)38(36,61)20(50)11-44/h13-15,18-31,42-45,48-56,61-62H,7-12H2,1-6H3,(H,40,46)(H,41,47)(H,57,58)(H,59,60)/t14?,15?,18-,19-,20-,21-,22+,23?,24+,25?,26-,27?,28+,29+,30?,31?,34-,35-,36+,37+,38-,39-/m1/s1. The molecule has 0 aromatic rings. The van der Waals surface area contributed by atoms with Crippen LogP contribution in [-0.4, -0.2) is 263 Å². The number of aliphatic hydroxyl groups excluding tert-OH is 13. The molecule has 2 amide bonds. The van der Waals surface area contributed by atoms with Gasteiger partial charge in [-0.3, -0.25) is 9.59 Å². The van der Waals surface area contributed by atoms with Gasteiger partial charge >= 0.3 is 11.9 Å². The van der Waals surface area contributed by atoms with Crippen LogP contribution in [0, 0.1) is 11.8 Å². The maximum atomic E-state index is 13.3. The minimum atomic E-state index is -3.42. The summed E-state index contributed by atoms with van der Waals surface area (Å²) in [6.45, 7) is 2.65. The number of ether oxygens (including phenoxy) is 6. The lowest BCUT2D eigenvalue weighted by atomic mass is 9.91. The Kier molecular flexibility index (Phi) is 17.8. The molecule has 2 saturated heterocycles. The van der Waals surface area contributed by atoms with Gasteiger partial charge in [0.2, 0.25) is 11.8 Å². The molecule has 4 fully saturated rings. The van der Waals surface area contributed by atoms with Crippen molar-refractivity contribution in [1.82, 2.24) is 10.6 Å². The molecule has 0 spiro atoms. The van der Waals surface area contributed by atoms with Crippen molar-refractivity contribution in [1.29, 1.82) is 0 Å². The van der Waals surface area contributed by atoms with Gasteiger partial charge < -0.3 is 126 Å². The number of aliphatic carboxylic acids is 2. The third-order valence-corrected chi connectivity index (χ3v) is 13.2. The molecular weight excluding hydrogens is 928 g/mol. The summed E-state index contributed by atoms with van der Waals surface area (Å²) in [5.74, 6) is -15.7. The van der Waals surface area contributed by atoms with Crippen LogP contribution in [0.5, 0.6) is 0 Å². The van der Waals surface area contributed by atoms with Gasteiger partial charge in [-0.15, -0.1) is 0 Å². The first-order valence-corrected chi connectivity index (χ1v) is 21.4. The van der Waals surface area contributed by atoms with Crippen LogP contribution in [0.3, 0.4) is 0 Å². The smallest absolute Gasteiger partial charge is 0.364 e. The molecule has 22 atom stereocenters. The normalized spacial score (nSPS) is 38.4. The lowest BCUT2D eigenvalue weighted by Gasteiger charge is -2.43. The Bertz CT molecular complexity index is 1800. The van der Waals surface area contributed by atoms with Crippen molar-refractivity contribution in [2.24, 2.45) is 11.8 Å². The molecule has 29 heteroatoms. The predicted octanol–water partition coefficient (Wildman–Crippen LogP) is -9.65. The highest BCUT2D eigenvalue weighted by atomic mass is 16.8. The number of carboxylic acids is 2. The number of carbonyl (C=O) groups excluding carboxylic acids is 2. The highest BCUT2D eigenvalue weighted by molar-refractivity contribution is 5.80. The van der Waals surface area contributed by atoms with Gasteiger partial charge in [-0.2, -0.15) is 0 Å². The third kappa shape index (κ3) is 9.59. The average molecular weight is 995 g/mol. The molecule has 2 aliphatic carbocycles. The molecule has 4 rings (SSSR count). The van der Waals surface area contributed by atoms with Crippen LogP contribution >= 0.6 is 0 Å². The number of carbonyl (C=O) groups is 4.